The number of fused-ring (bicyclic) bond motifs is 1. The van der Waals surface area contributed by atoms with Crippen molar-refractivity contribution in [2.75, 3.05) is 18.0 Å². The minimum absolute atomic E-state index is 0.0733. The van der Waals surface area contributed by atoms with E-state index in [1.54, 1.807) is 21.6 Å². The summed E-state index contributed by atoms with van der Waals surface area (Å²) in [4.78, 5) is 36.2. The van der Waals surface area contributed by atoms with Crippen LogP contribution >= 0.6 is 24.0 Å². The van der Waals surface area contributed by atoms with E-state index < -0.39 is 0 Å². The van der Waals surface area contributed by atoms with Gasteiger partial charge in [-0.05, 0) is 49.3 Å². The number of hydrogen-bond acceptors (Lipinski definition) is 6. The highest BCUT2D eigenvalue weighted by Crippen LogP contribution is 2.38. The van der Waals surface area contributed by atoms with Gasteiger partial charge in [0.2, 0.25) is 0 Å². The van der Waals surface area contributed by atoms with E-state index in [1.165, 1.54) is 18.2 Å². The summed E-state index contributed by atoms with van der Waals surface area (Å²) in [5.41, 5.74) is 0.943. The fourth-order valence-corrected chi connectivity index (χ4v) is 6.76. The predicted octanol–water partition coefficient (Wildman–Crippen LogP) is 4.32. The molecule has 0 radical (unpaired) electrons. The van der Waals surface area contributed by atoms with Crippen LogP contribution in [0.15, 0.2) is 34.1 Å². The van der Waals surface area contributed by atoms with Gasteiger partial charge in [-0.1, -0.05) is 56.7 Å². The molecule has 3 aliphatic rings. The summed E-state index contributed by atoms with van der Waals surface area (Å²) in [6.07, 6.45) is 8.89. The maximum Gasteiger partial charge on any atom is 0.267 e. The molecule has 2 aliphatic heterocycles. The Bertz CT molecular complexity index is 1160. The second kappa shape index (κ2) is 8.63. The maximum absolute atomic E-state index is 13.6. The zero-order chi connectivity index (χ0) is 22.4. The van der Waals surface area contributed by atoms with Gasteiger partial charge in [-0.25, -0.2) is 4.98 Å². The lowest BCUT2D eigenvalue weighted by Crippen LogP contribution is -2.40. The molecule has 2 saturated heterocycles. The van der Waals surface area contributed by atoms with E-state index in [4.69, 9.17) is 17.2 Å². The molecular weight excluding hydrogens is 440 g/mol. The van der Waals surface area contributed by atoms with Crippen molar-refractivity contribution >= 4 is 51.7 Å². The average molecular weight is 469 g/mol. The van der Waals surface area contributed by atoms with Gasteiger partial charge in [0, 0.05) is 25.3 Å². The first-order chi connectivity index (χ1) is 15.4. The number of thiocarbonyl (C=S) groups is 1. The van der Waals surface area contributed by atoms with Crippen molar-refractivity contribution in [2.24, 2.45) is 11.8 Å². The number of thioether (sulfide) groups is 1. The SMILES string of the molecule is C[C@H]1C[C@H](C)CN(c2nc3ccccn3c(=O)c2/C=C2/SC(=S)N(C3CCCC3)C2=O)C1. The van der Waals surface area contributed by atoms with E-state index in [0.29, 0.717) is 38.1 Å². The summed E-state index contributed by atoms with van der Waals surface area (Å²) in [5.74, 6) is 1.63. The van der Waals surface area contributed by atoms with E-state index in [2.05, 4.69) is 18.7 Å². The monoisotopic (exact) mass is 468 g/mol. The Labute approximate surface area is 197 Å². The van der Waals surface area contributed by atoms with Gasteiger partial charge in [0.15, 0.2) is 0 Å². The number of nitrogens with zero attached hydrogens (tertiary/aromatic N) is 4. The minimum atomic E-state index is -0.150. The van der Waals surface area contributed by atoms with E-state index in [0.717, 1.165) is 38.8 Å². The van der Waals surface area contributed by atoms with Gasteiger partial charge in [-0.15, -0.1) is 0 Å². The van der Waals surface area contributed by atoms with Crippen LogP contribution in [0.1, 0.15) is 51.5 Å². The Morgan fingerprint density at radius 2 is 1.84 bits per heavy atom. The second-order valence-electron chi connectivity index (χ2n) is 9.42. The lowest BCUT2D eigenvalue weighted by Gasteiger charge is -2.36. The number of rotatable bonds is 3. The molecule has 168 valence electrons. The maximum atomic E-state index is 13.6. The molecule has 2 aromatic rings. The van der Waals surface area contributed by atoms with Crippen molar-refractivity contribution in [3.63, 3.8) is 0 Å². The Morgan fingerprint density at radius 3 is 2.56 bits per heavy atom. The van der Waals surface area contributed by atoms with E-state index in [1.807, 2.05) is 18.2 Å². The number of amides is 1. The van der Waals surface area contributed by atoms with Crippen LogP contribution in [0.2, 0.25) is 0 Å². The fraction of sp³-hybridized carbons (Fsp3) is 0.500. The molecule has 0 bridgehead atoms. The molecule has 5 rings (SSSR count). The number of anilines is 1. The molecular formula is C24H28N4O2S2. The lowest BCUT2D eigenvalue weighted by molar-refractivity contribution is -0.123. The number of aromatic nitrogens is 2. The van der Waals surface area contributed by atoms with Crippen molar-refractivity contribution in [1.82, 2.24) is 14.3 Å². The first-order valence-corrected chi connectivity index (χ1v) is 12.7. The van der Waals surface area contributed by atoms with Crippen LogP contribution in [0.4, 0.5) is 5.82 Å². The van der Waals surface area contributed by atoms with Crippen LogP contribution in [-0.4, -0.2) is 43.6 Å². The highest BCUT2D eigenvalue weighted by atomic mass is 32.2. The zero-order valence-electron chi connectivity index (χ0n) is 18.5. The molecule has 1 aliphatic carbocycles. The summed E-state index contributed by atoms with van der Waals surface area (Å²) in [5, 5.41) is 0. The summed E-state index contributed by atoms with van der Waals surface area (Å²) < 4.78 is 2.16. The highest BCUT2D eigenvalue weighted by Gasteiger charge is 2.38. The van der Waals surface area contributed by atoms with Gasteiger partial charge < -0.3 is 4.90 Å². The van der Waals surface area contributed by atoms with Crippen LogP contribution in [0.25, 0.3) is 11.7 Å². The van der Waals surface area contributed by atoms with Crippen molar-refractivity contribution in [1.29, 1.82) is 0 Å². The van der Waals surface area contributed by atoms with Gasteiger partial charge in [-0.2, -0.15) is 0 Å². The molecule has 0 spiro atoms. The largest absolute Gasteiger partial charge is 0.355 e. The van der Waals surface area contributed by atoms with Crippen LogP contribution in [0, 0.1) is 11.8 Å². The van der Waals surface area contributed by atoms with Crippen LogP contribution < -0.4 is 10.5 Å². The molecule has 1 saturated carbocycles. The number of piperidine rings is 1. The van der Waals surface area contributed by atoms with Crippen LogP contribution in [0.5, 0.6) is 0 Å². The smallest absolute Gasteiger partial charge is 0.267 e. The van der Waals surface area contributed by atoms with Crippen molar-refractivity contribution in [2.45, 2.75) is 52.0 Å². The molecule has 6 nitrogen and oxygen atoms in total. The van der Waals surface area contributed by atoms with E-state index in [-0.39, 0.29) is 17.5 Å². The van der Waals surface area contributed by atoms with Gasteiger partial charge in [0.05, 0.1) is 10.5 Å². The molecule has 2 aromatic heterocycles. The molecule has 0 aromatic carbocycles. The summed E-state index contributed by atoms with van der Waals surface area (Å²) in [6, 6.07) is 5.75. The Morgan fingerprint density at radius 1 is 1.12 bits per heavy atom. The number of hydrogen-bond donors (Lipinski definition) is 0. The van der Waals surface area contributed by atoms with Crippen molar-refractivity contribution in [3.05, 3.63) is 45.2 Å². The minimum Gasteiger partial charge on any atom is -0.355 e. The van der Waals surface area contributed by atoms with Gasteiger partial charge in [0.1, 0.15) is 15.8 Å². The fourth-order valence-electron chi connectivity index (χ4n) is 5.38. The normalized spacial score (nSPS) is 26.1. The van der Waals surface area contributed by atoms with Crippen LogP contribution in [-0.2, 0) is 4.79 Å². The standard InChI is InChI=1S/C24H28N4O2S2/c1-15-11-16(2)14-26(13-15)21-18(22(29)27-10-6-5-9-20(27)25-21)12-19-23(30)28(24(31)32-19)17-7-3-4-8-17/h5-6,9-10,12,15-17H,3-4,7-8,11,13-14H2,1-2H3/b19-12+/t15-,16-/m0/s1. The van der Waals surface area contributed by atoms with E-state index in [9.17, 15) is 9.59 Å². The van der Waals surface area contributed by atoms with E-state index >= 15 is 0 Å². The highest BCUT2D eigenvalue weighted by molar-refractivity contribution is 8.26. The van der Waals surface area contributed by atoms with Crippen molar-refractivity contribution in [3.8, 4) is 0 Å². The Balaban J connectivity index is 1.61. The van der Waals surface area contributed by atoms with Gasteiger partial charge in [-0.3, -0.25) is 18.9 Å². The third-order valence-corrected chi connectivity index (χ3v) is 8.04. The topological polar surface area (TPSA) is 57.9 Å². The van der Waals surface area contributed by atoms with Crippen LogP contribution in [0.3, 0.4) is 0 Å². The third-order valence-electron chi connectivity index (χ3n) is 6.71. The molecule has 8 heteroatoms. The predicted molar refractivity (Wildman–Crippen MR) is 134 cm³/mol. The molecule has 3 fully saturated rings. The summed E-state index contributed by atoms with van der Waals surface area (Å²) >= 11 is 6.87. The Kier molecular flexibility index (Phi) is 5.84. The van der Waals surface area contributed by atoms with Gasteiger partial charge in [0.25, 0.3) is 11.5 Å². The molecule has 1 amide bonds. The first-order valence-electron chi connectivity index (χ1n) is 11.5. The average Bonchev–Trinajstić information content (AvgIpc) is 3.37. The third kappa shape index (κ3) is 3.88. The Hall–Kier alpha value is -2.19. The zero-order valence-corrected chi connectivity index (χ0v) is 20.1. The van der Waals surface area contributed by atoms with Gasteiger partial charge >= 0.3 is 0 Å². The number of carbonyl (C=O) groups excluding carboxylic acids is 1. The molecule has 0 unspecified atom stereocenters. The molecule has 2 atom stereocenters. The summed E-state index contributed by atoms with van der Waals surface area (Å²) in [6.45, 7) is 6.18. The van der Waals surface area contributed by atoms with Crippen molar-refractivity contribution < 1.29 is 4.79 Å². The second-order valence-corrected chi connectivity index (χ2v) is 11.1. The number of carbonyl (C=O) groups is 1. The lowest BCUT2D eigenvalue weighted by atomic mass is 9.91. The first kappa shape index (κ1) is 21.6. The quantitative estimate of drug-likeness (QED) is 0.494. The molecule has 32 heavy (non-hydrogen) atoms. The number of pyridine rings is 1. The molecule has 0 N–H and O–H groups in total. The molecule has 4 heterocycles. The summed E-state index contributed by atoms with van der Waals surface area (Å²) in [7, 11) is 0.